The van der Waals surface area contributed by atoms with Crippen molar-refractivity contribution in [1.82, 2.24) is 4.90 Å². The van der Waals surface area contributed by atoms with E-state index in [2.05, 4.69) is 36.9 Å². The Kier molecular flexibility index (Phi) is 6.02. The Balaban J connectivity index is 1.67. The van der Waals surface area contributed by atoms with Gasteiger partial charge in [0.2, 0.25) is 0 Å². The Morgan fingerprint density at radius 1 is 0.964 bits per heavy atom. The topological polar surface area (TPSA) is 43.9 Å². The summed E-state index contributed by atoms with van der Waals surface area (Å²) in [5.74, 6) is -0.864. The van der Waals surface area contributed by atoms with Crippen molar-refractivity contribution in [2.75, 3.05) is 42.5 Å². The molecule has 148 valence electrons. The Bertz CT molecular complexity index is 870. The third kappa shape index (κ3) is 4.03. The summed E-state index contributed by atoms with van der Waals surface area (Å²) in [5, 5.41) is 0. The minimum Gasteiger partial charge on any atom is -0.368 e. The molecule has 5 heteroatoms. The molecule has 2 aromatic rings. The van der Waals surface area contributed by atoms with Crippen LogP contribution in [0.15, 0.2) is 42.5 Å². The molecule has 2 aromatic carbocycles. The zero-order chi connectivity index (χ0) is 20.3. The number of nitrogens with zero attached hydrogens (tertiary/aromatic N) is 3. The van der Waals surface area contributed by atoms with Crippen LogP contribution in [0.5, 0.6) is 0 Å². The minimum atomic E-state index is -0.451. The fourth-order valence-corrected chi connectivity index (χ4v) is 3.72. The van der Waals surface area contributed by atoms with Gasteiger partial charge in [-0.05, 0) is 62.6 Å². The van der Waals surface area contributed by atoms with Gasteiger partial charge in [0.25, 0.3) is 0 Å². The summed E-state index contributed by atoms with van der Waals surface area (Å²) >= 11 is 0. The molecule has 0 aliphatic carbocycles. The molecule has 1 aliphatic rings. The lowest BCUT2D eigenvalue weighted by atomic mass is 10.1. The molecule has 1 fully saturated rings. The zero-order valence-corrected chi connectivity index (χ0v) is 17.2. The number of hydrogen-bond acceptors (Lipinski definition) is 3. The number of amides is 2. The maximum absolute atomic E-state index is 12.9. The number of likely N-dealkylation sites (N-methyl/N-ethyl adjacent to an activating group) is 1. The fraction of sp³-hybridized carbons (Fsp3) is 0.391. The Hall–Kier alpha value is -2.82. The molecular formula is C23H29N3O2. The number of aryl methyl sites for hydroxylation is 2. The summed E-state index contributed by atoms with van der Waals surface area (Å²) in [5.41, 5.74) is 5.60. The number of carbonyl (C=O) groups is 2. The monoisotopic (exact) mass is 379 g/mol. The Morgan fingerprint density at radius 3 is 2.29 bits per heavy atom. The largest absolute Gasteiger partial charge is 0.368 e. The van der Waals surface area contributed by atoms with Crippen LogP contribution < -0.4 is 9.80 Å². The van der Waals surface area contributed by atoms with Gasteiger partial charge in [0.1, 0.15) is 0 Å². The van der Waals surface area contributed by atoms with E-state index in [1.54, 1.807) is 9.80 Å². The van der Waals surface area contributed by atoms with Crippen molar-refractivity contribution < 1.29 is 9.59 Å². The van der Waals surface area contributed by atoms with E-state index < -0.39 is 11.8 Å². The minimum absolute atomic E-state index is 0.413. The van der Waals surface area contributed by atoms with Gasteiger partial charge in [0.05, 0.1) is 0 Å². The van der Waals surface area contributed by atoms with Gasteiger partial charge in [-0.2, -0.15) is 0 Å². The molecule has 1 aliphatic heterocycles. The molecule has 0 radical (unpaired) electrons. The molecule has 28 heavy (non-hydrogen) atoms. The Labute approximate surface area is 167 Å². The number of rotatable bonds is 3. The first-order chi connectivity index (χ1) is 13.4. The van der Waals surface area contributed by atoms with E-state index in [4.69, 9.17) is 0 Å². The van der Waals surface area contributed by atoms with E-state index >= 15 is 0 Å². The number of anilines is 2. The summed E-state index contributed by atoms with van der Waals surface area (Å²) in [6.07, 6.45) is 0. The molecule has 3 rings (SSSR count). The van der Waals surface area contributed by atoms with E-state index in [0.29, 0.717) is 19.6 Å². The van der Waals surface area contributed by atoms with Crippen LogP contribution >= 0.6 is 0 Å². The lowest BCUT2D eigenvalue weighted by molar-refractivity contribution is -0.144. The molecule has 2 amide bonds. The van der Waals surface area contributed by atoms with Gasteiger partial charge in [0, 0.05) is 44.1 Å². The van der Waals surface area contributed by atoms with Gasteiger partial charge < -0.3 is 14.7 Å². The first-order valence-electron chi connectivity index (χ1n) is 9.91. The van der Waals surface area contributed by atoms with Gasteiger partial charge in [-0.3, -0.25) is 9.59 Å². The number of benzene rings is 2. The molecule has 0 bridgehead atoms. The smallest absolute Gasteiger partial charge is 0.316 e. The lowest BCUT2D eigenvalue weighted by Crippen LogP contribution is -2.53. The van der Waals surface area contributed by atoms with E-state index in [-0.39, 0.29) is 0 Å². The summed E-state index contributed by atoms with van der Waals surface area (Å²) in [6, 6.07) is 14.0. The molecule has 0 unspecified atom stereocenters. The number of hydrogen-bond donors (Lipinski definition) is 0. The normalized spacial score (nSPS) is 14.1. The van der Waals surface area contributed by atoms with Crippen LogP contribution in [0.1, 0.15) is 23.6 Å². The van der Waals surface area contributed by atoms with E-state index in [9.17, 15) is 9.59 Å². The van der Waals surface area contributed by atoms with Gasteiger partial charge in [-0.15, -0.1) is 0 Å². The lowest BCUT2D eigenvalue weighted by Gasteiger charge is -2.37. The molecule has 5 nitrogen and oxygen atoms in total. The van der Waals surface area contributed by atoms with Crippen molar-refractivity contribution in [3.05, 3.63) is 59.2 Å². The predicted octanol–water partition coefficient (Wildman–Crippen LogP) is 3.31. The first-order valence-corrected chi connectivity index (χ1v) is 9.91. The third-order valence-electron chi connectivity index (χ3n) is 5.54. The summed E-state index contributed by atoms with van der Waals surface area (Å²) in [4.78, 5) is 31.2. The highest BCUT2D eigenvalue weighted by atomic mass is 16.2. The van der Waals surface area contributed by atoms with Crippen LogP contribution in [0.25, 0.3) is 0 Å². The maximum Gasteiger partial charge on any atom is 0.316 e. The quantitative estimate of drug-likeness (QED) is 0.769. The predicted molar refractivity (Wildman–Crippen MR) is 114 cm³/mol. The summed E-state index contributed by atoms with van der Waals surface area (Å²) < 4.78 is 0. The molecule has 1 heterocycles. The molecule has 0 saturated carbocycles. The highest BCUT2D eigenvalue weighted by molar-refractivity contribution is 6.40. The van der Waals surface area contributed by atoms with Crippen molar-refractivity contribution >= 4 is 23.2 Å². The summed E-state index contributed by atoms with van der Waals surface area (Å²) in [7, 11) is 0. The first kappa shape index (κ1) is 19.9. The van der Waals surface area contributed by atoms with Gasteiger partial charge in [-0.1, -0.05) is 24.3 Å². The average molecular weight is 380 g/mol. The van der Waals surface area contributed by atoms with Crippen molar-refractivity contribution in [3.63, 3.8) is 0 Å². The second kappa shape index (κ2) is 8.46. The molecule has 0 spiro atoms. The second-order valence-electron chi connectivity index (χ2n) is 7.39. The van der Waals surface area contributed by atoms with Crippen LogP contribution in [-0.4, -0.2) is 49.4 Å². The molecule has 1 saturated heterocycles. The standard InChI is InChI=1S/C23H29N3O2/c1-5-26(20-10-6-8-17(2)16-20)23(28)22(27)25-14-12-24(13-15-25)21-11-7-9-18(3)19(21)4/h6-11,16H,5,12-15H2,1-4H3. The molecule has 0 atom stereocenters. The van der Waals surface area contributed by atoms with E-state index in [1.165, 1.54) is 16.8 Å². The summed E-state index contributed by atoms with van der Waals surface area (Å²) in [6.45, 7) is 11.2. The van der Waals surface area contributed by atoms with Crippen LogP contribution in [0, 0.1) is 20.8 Å². The second-order valence-corrected chi connectivity index (χ2v) is 7.39. The van der Waals surface area contributed by atoms with Crippen LogP contribution in [-0.2, 0) is 9.59 Å². The molecule has 0 N–H and O–H groups in total. The number of piperazine rings is 1. The fourth-order valence-electron chi connectivity index (χ4n) is 3.72. The van der Waals surface area contributed by atoms with Crippen molar-refractivity contribution in [2.24, 2.45) is 0 Å². The van der Waals surface area contributed by atoms with E-state index in [1.807, 2.05) is 38.1 Å². The highest BCUT2D eigenvalue weighted by Crippen LogP contribution is 2.24. The third-order valence-corrected chi connectivity index (χ3v) is 5.54. The van der Waals surface area contributed by atoms with Crippen molar-refractivity contribution in [1.29, 1.82) is 0 Å². The van der Waals surface area contributed by atoms with Crippen LogP contribution in [0.3, 0.4) is 0 Å². The SMILES string of the molecule is CCN(C(=O)C(=O)N1CCN(c2cccc(C)c2C)CC1)c1cccc(C)c1. The number of carbonyl (C=O) groups excluding carboxylic acids is 2. The van der Waals surface area contributed by atoms with Crippen LogP contribution in [0.2, 0.25) is 0 Å². The van der Waals surface area contributed by atoms with Crippen molar-refractivity contribution in [3.8, 4) is 0 Å². The van der Waals surface area contributed by atoms with Crippen LogP contribution in [0.4, 0.5) is 11.4 Å². The Morgan fingerprint density at radius 2 is 1.64 bits per heavy atom. The van der Waals surface area contributed by atoms with Crippen molar-refractivity contribution in [2.45, 2.75) is 27.7 Å². The molecule has 0 aromatic heterocycles. The highest BCUT2D eigenvalue weighted by Gasteiger charge is 2.30. The molecular weight excluding hydrogens is 350 g/mol. The van der Waals surface area contributed by atoms with Gasteiger partial charge >= 0.3 is 11.8 Å². The average Bonchev–Trinajstić information content (AvgIpc) is 2.70. The van der Waals surface area contributed by atoms with Gasteiger partial charge in [0.15, 0.2) is 0 Å². The van der Waals surface area contributed by atoms with E-state index in [0.717, 1.165) is 24.3 Å². The van der Waals surface area contributed by atoms with Gasteiger partial charge in [-0.25, -0.2) is 0 Å². The zero-order valence-electron chi connectivity index (χ0n) is 17.2. The maximum atomic E-state index is 12.9.